The van der Waals surface area contributed by atoms with Crippen molar-refractivity contribution in [3.63, 3.8) is 0 Å². The second-order valence-electron chi connectivity index (χ2n) is 3.59. The van der Waals surface area contributed by atoms with Gasteiger partial charge in [0.05, 0.1) is 6.61 Å². The molecule has 3 N–H and O–H groups in total. The second kappa shape index (κ2) is 4.37. The largest absolute Gasteiger partial charge is 0.436 e. The van der Waals surface area contributed by atoms with Gasteiger partial charge in [0.25, 0.3) is 0 Å². The first-order chi connectivity index (χ1) is 8.60. The minimum absolute atomic E-state index is 0.486. The van der Waals surface area contributed by atoms with Crippen LogP contribution >= 0.6 is 0 Å². The Kier molecular flexibility index (Phi) is 2.73. The van der Waals surface area contributed by atoms with Crippen molar-refractivity contribution in [1.29, 1.82) is 1.43 Å². The van der Waals surface area contributed by atoms with Gasteiger partial charge in [0, 0.05) is 0 Å². The Morgan fingerprint density at radius 2 is 2.47 bits per heavy atom. The van der Waals surface area contributed by atoms with Crippen molar-refractivity contribution in [2.75, 3.05) is 6.61 Å². The molecule has 0 unspecified atom stereocenters. The van der Waals surface area contributed by atoms with E-state index in [0.717, 1.165) is 4.57 Å². The molecule has 1 aromatic rings. The number of nitro groups is 1. The number of imidazole rings is 1. The van der Waals surface area contributed by atoms with E-state index >= 15 is 0 Å². The maximum atomic E-state index is 10.7. The van der Waals surface area contributed by atoms with Crippen LogP contribution in [0.3, 0.4) is 0 Å². The number of aromatic nitrogens is 2. The lowest BCUT2D eigenvalue weighted by Crippen LogP contribution is -2.33. The molecule has 9 heteroatoms. The maximum Gasteiger partial charge on any atom is 0.436 e. The van der Waals surface area contributed by atoms with Gasteiger partial charge in [0.1, 0.15) is 30.7 Å². The Hall–Kier alpha value is -1.55. The second-order valence-corrected chi connectivity index (χ2v) is 3.59. The van der Waals surface area contributed by atoms with Gasteiger partial charge in [-0.15, -0.1) is 0 Å². The molecular weight excluding hydrogens is 234 g/mol. The number of ether oxygens (including phenoxy) is 1. The van der Waals surface area contributed by atoms with E-state index in [1.807, 2.05) is 0 Å². The Labute approximate surface area is 96.5 Å². The molecule has 0 spiro atoms. The van der Waals surface area contributed by atoms with E-state index in [2.05, 4.69) is 10.1 Å². The normalized spacial score (nSPS) is 33.6. The summed E-state index contributed by atoms with van der Waals surface area (Å²) in [4.78, 5) is 13.5. The van der Waals surface area contributed by atoms with E-state index in [0.29, 0.717) is 0 Å². The molecule has 0 amide bonds. The fourth-order valence-electron chi connectivity index (χ4n) is 1.74. The summed E-state index contributed by atoms with van der Waals surface area (Å²) in [6, 6.07) is 0. The maximum absolute atomic E-state index is 10.7. The fraction of sp³-hybridized carbons (Fsp3) is 0.625. The zero-order chi connectivity index (χ0) is 13.3. The molecule has 2 heterocycles. The van der Waals surface area contributed by atoms with E-state index in [-0.39, 0.29) is 0 Å². The van der Waals surface area contributed by atoms with Gasteiger partial charge in [-0.3, -0.25) is 0 Å². The zero-order valence-electron chi connectivity index (χ0n) is 9.54. The van der Waals surface area contributed by atoms with Crippen LogP contribution in [0.4, 0.5) is 5.95 Å². The number of nitrogens with zero attached hydrogens (tertiary/aromatic N) is 3. The first-order valence-electron chi connectivity index (χ1n) is 5.24. The Bertz CT molecular complexity index is 440. The van der Waals surface area contributed by atoms with Gasteiger partial charge >= 0.3 is 5.95 Å². The van der Waals surface area contributed by atoms with Crippen LogP contribution in [0.1, 0.15) is 6.23 Å². The first-order valence-corrected chi connectivity index (χ1v) is 4.83. The number of aliphatic hydroxyl groups excluding tert-OH is 3. The van der Waals surface area contributed by atoms with Gasteiger partial charge in [0.2, 0.25) is 7.66 Å². The van der Waals surface area contributed by atoms with Crippen LogP contribution in [-0.4, -0.2) is 56.1 Å². The van der Waals surface area contributed by atoms with Crippen LogP contribution in [0.2, 0.25) is 0 Å². The summed E-state index contributed by atoms with van der Waals surface area (Å²) in [5, 5.41) is 33.8. The molecule has 1 fully saturated rings. The highest BCUT2D eigenvalue weighted by atomic mass is 16.6. The van der Waals surface area contributed by atoms with Crippen molar-refractivity contribution in [3.8, 4) is 0 Å². The summed E-state index contributed by atoms with van der Waals surface area (Å²) in [5.41, 5.74) is 0. The van der Waals surface area contributed by atoms with Gasteiger partial charge in [-0.05, 0) is 4.92 Å². The Morgan fingerprint density at radius 3 is 3.06 bits per heavy atom. The van der Waals surface area contributed by atoms with Gasteiger partial charge in [0.15, 0.2) is 0 Å². The summed E-state index contributed by atoms with van der Waals surface area (Å²) in [7, 11) is 0. The highest BCUT2D eigenvalue weighted by molar-refractivity contribution is 5.09. The molecule has 0 saturated carbocycles. The monoisotopic (exact) mass is 246 g/mol. The standard InChI is InChI=1S/C8H11N3O6/c12-3-4-5(13)6(14)7(17-4)10-2-1-9-8(10)11(15)16/h1-2,4-7,12-14H,3H2/t4-,5-,6+,7-/m1/s1/i14D. The van der Waals surface area contributed by atoms with Crippen molar-refractivity contribution >= 4 is 5.95 Å². The summed E-state index contributed by atoms with van der Waals surface area (Å²) in [5.74, 6) is -0.493. The molecule has 2 rings (SSSR count). The van der Waals surface area contributed by atoms with Crippen LogP contribution in [0, 0.1) is 10.1 Å². The number of hydrogen-bond donors (Lipinski definition) is 3. The van der Waals surface area contributed by atoms with Gasteiger partial charge in [-0.1, -0.05) is 4.98 Å². The van der Waals surface area contributed by atoms with Crippen LogP contribution in [0.15, 0.2) is 12.4 Å². The van der Waals surface area contributed by atoms with E-state index in [1.54, 1.807) is 0 Å². The van der Waals surface area contributed by atoms with Crippen molar-refractivity contribution in [2.24, 2.45) is 0 Å². The molecular formula is C8H11N3O6. The van der Waals surface area contributed by atoms with Crippen LogP contribution < -0.4 is 0 Å². The lowest BCUT2D eigenvalue weighted by Gasteiger charge is -2.13. The summed E-state index contributed by atoms with van der Waals surface area (Å²) >= 11 is 0. The van der Waals surface area contributed by atoms with Crippen molar-refractivity contribution in [1.82, 2.24) is 9.55 Å². The average molecular weight is 246 g/mol. The Morgan fingerprint density at radius 1 is 1.71 bits per heavy atom. The van der Waals surface area contributed by atoms with Gasteiger partial charge < -0.3 is 30.2 Å². The third-order valence-corrected chi connectivity index (χ3v) is 2.58. The minimum Gasteiger partial charge on any atom is -0.394 e. The summed E-state index contributed by atoms with van der Waals surface area (Å²) < 4.78 is 13.2. The van der Waals surface area contributed by atoms with E-state index in [9.17, 15) is 15.2 Å². The molecule has 1 saturated heterocycles. The van der Waals surface area contributed by atoms with Crippen LogP contribution in [0.25, 0.3) is 0 Å². The predicted octanol–water partition coefficient (Wildman–Crippen LogP) is -1.60. The van der Waals surface area contributed by atoms with Crippen molar-refractivity contribution < 1.29 is 25.0 Å². The molecule has 9 nitrogen and oxygen atoms in total. The van der Waals surface area contributed by atoms with Gasteiger partial charge in [-0.25, -0.2) is 0 Å². The number of aliphatic hydroxyl groups is 3. The van der Waals surface area contributed by atoms with E-state index in [4.69, 9.17) is 11.3 Å². The molecule has 0 bridgehead atoms. The third-order valence-electron chi connectivity index (χ3n) is 2.58. The molecule has 4 atom stereocenters. The summed E-state index contributed by atoms with van der Waals surface area (Å²) in [6.07, 6.45) is -1.97. The number of hydrogen-bond acceptors (Lipinski definition) is 7. The predicted molar refractivity (Wildman–Crippen MR) is 51.9 cm³/mol. The molecule has 1 aliphatic rings. The first kappa shape index (κ1) is 10.6. The molecule has 1 aromatic heterocycles. The molecule has 0 radical (unpaired) electrons. The van der Waals surface area contributed by atoms with Crippen molar-refractivity contribution in [2.45, 2.75) is 24.5 Å². The number of rotatable bonds is 4. The van der Waals surface area contributed by atoms with E-state index in [1.165, 1.54) is 12.4 Å². The molecule has 1 aliphatic heterocycles. The third kappa shape index (κ3) is 1.89. The van der Waals surface area contributed by atoms with Crippen molar-refractivity contribution in [3.05, 3.63) is 22.5 Å². The van der Waals surface area contributed by atoms with Gasteiger partial charge in [-0.2, -0.15) is 4.57 Å². The molecule has 17 heavy (non-hydrogen) atoms. The van der Waals surface area contributed by atoms with Crippen LogP contribution in [-0.2, 0) is 4.74 Å². The Balaban J connectivity index is 2.32. The van der Waals surface area contributed by atoms with Crippen LogP contribution in [0.5, 0.6) is 0 Å². The molecule has 0 aromatic carbocycles. The topological polar surface area (TPSA) is 131 Å². The quantitative estimate of drug-likeness (QED) is 0.430. The van der Waals surface area contributed by atoms with E-state index < -0.39 is 42.0 Å². The smallest absolute Gasteiger partial charge is 0.394 e. The SMILES string of the molecule is [2H]O[C@H]1[C@H](O)[C@@H](CO)O[C@H]1n1ccnc1[N+](=O)[O-]. The summed E-state index contributed by atoms with van der Waals surface area (Å²) in [6.45, 7) is -0.486. The zero-order valence-corrected chi connectivity index (χ0v) is 8.54. The minimum atomic E-state index is -1.25. The lowest BCUT2D eigenvalue weighted by molar-refractivity contribution is -0.398. The molecule has 94 valence electrons. The fourth-order valence-corrected chi connectivity index (χ4v) is 1.74. The highest BCUT2D eigenvalue weighted by Gasteiger charge is 2.46. The average Bonchev–Trinajstić information content (AvgIpc) is 2.92. The lowest BCUT2D eigenvalue weighted by atomic mass is 10.1. The highest BCUT2D eigenvalue weighted by Crippen LogP contribution is 2.31. The molecule has 0 aliphatic carbocycles.